The zero-order valence-electron chi connectivity index (χ0n) is 24.3. The van der Waals surface area contributed by atoms with Crippen molar-refractivity contribution in [3.63, 3.8) is 0 Å². The molecule has 6 rings (SSSR count). The highest BCUT2D eigenvalue weighted by Crippen LogP contribution is 2.78. The number of carbonyl (C=O) groups excluding carboxylic acids is 1. The lowest BCUT2D eigenvalue weighted by Crippen LogP contribution is -2.68. The van der Waals surface area contributed by atoms with E-state index in [9.17, 15) is 9.90 Å². The van der Waals surface area contributed by atoms with Gasteiger partial charge in [0.15, 0.2) is 0 Å². The van der Waals surface area contributed by atoms with Gasteiger partial charge in [0, 0.05) is 24.9 Å². The molecule has 202 valence electrons. The summed E-state index contributed by atoms with van der Waals surface area (Å²) in [6.45, 7) is 17.1. The van der Waals surface area contributed by atoms with E-state index in [0.29, 0.717) is 35.4 Å². The van der Waals surface area contributed by atoms with E-state index >= 15 is 0 Å². The molecule has 0 heterocycles. The number of hydrogen-bond acceptors (Lipinski definition) is 3. The molecule has 0 radical (unpaired) electrons. The molecule has 0 aromatic carbocycles. The van der Waals surface area contributed by atoms with Gasteiger partial charge >= 0.3 is 0 Å². The Morgan fingerprint density at radius 3 is 2.39 bits per heavy atom. The number of hydrogen-bond donors (Lipinski definition) is 1. The molecule has 0 spiro atoms. The Kier molecular flexibility index (Phi) is 5.48. The van der Waals surface area contributed by atoms with Gasteiger partial charge in [-0.05, 0) is 103 Å². The van der Waals surface area contributed by atoms with Gasteiger partial charge in [-0.15, -0.1) is 0 Å². The molecule has 6 aliphatic rings. The molecule has 6 aliphatic carbocycles. The fraction of sp³-hybridized carbons (Fsp3) is 0.909. The third-order valence-electron chi connectivity index (χ3n) is 14.6. The highest BCUT2D eigenvalue weighted by Gasteiger charge is 2.73. The summed E-state index contributed by atoms with van der Waals surface area (Å²) in [5, 5.41) is 11.5. The summed E-state index contributed by atoms with van der Waals surface area (Å²) in [5.41, 5.74) is 2.15. The Morgan fingerprint density at radius 1 is 1.00 bits per heavy atom. The molecule has 5 fully saturated rings. The van der Waals surface area contributed by atoms with Crippen molar-refractivity contribution in [2.24, 2.45) is 62.6 Å². The predicted molar refractivity (Wildman–Crippen MR) is 144 cm³/mol. The van der Waals surface area contributed by atoms with Crippen molar-refractivity contribution in [2.75, 3.05) is 7.11 Å². The number of fused-ring (bicyclic) bond motifs is 5. The van der Waals surface area contributed by atoms with Crippen LogP contribution in [-0.2, 0) is 9.53 Å². The average Bonchev–Trinajstić information content (AvgIpc) is 3.11. The molecule has 3 heteroatoms. The van der Waals surface area contributed by atoms with E-state index in [1.807, 2.05) is 0 Å². The smallest absolute Gasteiger partial charge is 0.137 e. The third kappa shape index (κ3) is 2.71. The van der Waals surface area contributed by atoms with Crippen molar-refractivity contribution in [3.05, 3.63) is 11.6 Å². The maximum atomic E-state index is 13.8. The van der Waals surface area contributed by atoms with Crippen molar-refractivity contribution in [1.29, 1.82) is 0 Å². The summed E-state index contributed by atoms with van der Waals surface area (Å²) in [6, 6.07) is 0. The second-order valence-corrected chi connectivity index (χ2v) is 15.7. The summed E-state index contributed by atoms with van der Waals surface area (Å²) in [6.07, 6.45) is 12.2. The van der Waals surface area contributed by atoms with E-state index in [1.54, 1.807) is 12.7 Å². The standard InChI is InChI=1S/C33H52O3/c1-19(2)23-17-24(34)27-29(23,4)15-16-31(6)21-9-10-26-30(5)13-11-20(3)33(26,18-25(36-8)28(30)35)22(21)12-14-32(27,31)7/h12,19-21,23,25-28,35H,9-11,13-18H2,1-8H3. The monoisotopic (exact) mass is 496 g/mol. The van der Waals surface area contributed by atoms with Crippen LogP contribution < -0.4 is 0 Å². The topological polar surface area (TPSA) is 46.5 Å². The van der Waals surface area contributed by atoms with Crippen molar-refractivity contribution in [2.45, 2.75) is 118 Å². The number of methoxy groups -OCH3 is 1. The van der Waals surface area contributed by atoms with Crippen molar-refractivity contribution < 1.29 is 14.6 Å². The predicted octanol–water partition coefficient (Wildman–Crippen LogP) is 7.22. The van der Waals surface area contributed by atoms with Gasteiger partial charge in [-0.3, -0.25) is 4.79 Å². The lowest BCUT2D eigenvalue weighted by atomic mass is 9.32. The van der Waals surface area contributed by atoms with Crippen molar-refractivity contribution in [3.8, 4) is 0 Å². The van der Waals surface area contributed by atoms with E-state index in [1.165, 1.54) is 32.1 Å². The van der Waals surface area contributed by atoms with Crippen LogP contribution in [0.25, 0.3) is 0 Å². The Hall–Kier alpha value is -0.670. The molecular formula is C33H52O3. The van der Waals surface area contributed by atoms with Crippen molar-refractivity contribution in [1.82, 2.24) is 0 Å². The first kappa shape index (κ1) is 25.6. The third-order valence-corrected chi connectivity index (χ3v) is 14.6. The highest BCUT2D eigenvalue weighted by molar-refractivity contribution is 5.86. The molecule has 3 nitrogen and oxygen atoms in total. The Morgan fingerprint density at radius 2 is 1.72 bits per heavy atom. The zero-order chi connectivity index (χ0) is 26.1. The van der Waals surface area contributed by atoms with Crippen LogP contribution in [0, 0.1) is 62.6 Å². The average molecular weight is 497 g/mol. The molecule has 1 N–H and O–H groups in total. The molecule has 12 atom stereocenters. The Bertz CT molecular complexity index is 983. The van der Waals surface area contributed by atoms with Crippen LogP contribution in [0.15, 0.2) is 11.6 Å². The van der Waals surface area contributed by atoms with Gasteiger partial charge in [-0.2, -0.15) is 0 Å². The molecule has 5 saturated carbocycles. The summed E-state index contributed by atoms with van der Waals surface area (Å²) in [5.74, 6) is 3.57. The summed E-state index contributed by atoms with van der Waals surface area (Å²) >= 11 is 0. The van der Waals surface area contributed by atoms with Gasteiger partial charge in [0.05, 0.1) is 12.2 Å². The number of ether oxygens (including phenoxy) is 1. The summed E-state index contributed by atoms with van der Waals surface area (Å²) in [4.78, 5) is 13.8. The Balaban J connectivity index is 1.48. The molecule has 0 saturated heterocycles. The van der Waals surface area contributed by atoms with Crippen LogP contribution in [-0.4, -0.2) is 30.2 Å². The lowest BCUT2D eigenvalue weighted by molar-refractivity contribution is -0.230. The van der Waals surface area contributed by atoms with Gasteiger partial charge < -0.3 is 9.84 Å². The SMILES string of the molecule is COC1CC23C4=CCC5(C)C6C(=O)CC(C(C)C)C6(C)CCC5(C)C4CCC2C(C)(CCC3C)C1O. The van der Waals surface area contributed by atoms with E-state index in [4.69, 9.17) is 4.74 Å². The molecule has 0 aromatic heterocycles. The van der Waals surface area contributed by atoms with E-state index in [2.05, 4.69) is 54.5 Å². The van der Waals surface area contributed by atoms with Crippen LogP contribution >= 0.6 is 0 Å². The number of allylic oxidation sites excluding steroid dienone is 2. The zero-order valence-corrected chi connectivity index (χ0v) is 24.3. The number of carbonyl (C=O) groups is 1. The first-order valence-electron chi connectivity index (χ1n) is 15.3. The molecule has 0 aliphatic heterocycles. The lowest BCUT2D eigenvalue weighted by Gasteiger charge is -2.72. The highest BCUT2D eigenvalue weighted by atomic mass is 16.5. The maximum absolute atomic E-state index is 13.8. The fourth-order valence-corrected chi connectivity index (χ4v) is 12.6. The second kappa shape index (κ2) is 7.71. The first-order valence-corrected chi connectivity index (χ1v) is 15.3. The van der Waals surface area contributed by atoms with Crippen LogP contribution in [0.2, 0.25) is 0 Å². The molecule has 0 amide bonds. The number of aliphatic hydroxyl groups is 1. The van der Waals surface area contributed by atoms with Crippen LogP contribution in [0.4, 0.5) is 0 Å². The second-order valence-electron chi connectivity index (χ2n) is 15.7. The minimum atomic E-state index is -0.366. The number of aliphatic hydroxyl groups excluding tert-OH is 1. The van der Waals surface area contributed by atoms with Crippen LogP contribution in [0.3, 0.4) is 0 Å². The largest absolute Gasteiger partial charge is 0.390 e. The fourth-order valence-electron chi connectivity index (χ4n) is 12.6. The molecule has 2 bridgehead atoms. The maximum Gasteiger partial charge on any atom is 0.137 e. The van der Waals surface area contributed by atoms with Gasteiger partial charge in [0.2, 0.25) is 0 Å². The normalized spacial score (nSPS) is 58.0. The number of rotatable bonds is 2. The molecule has 12 unspecified atom stereocenters. The van der Waals surface area contributed by atoms with Crippen LogP contribution in [0.1, 0.15) is 106 Å². The minimum absolute atomic E-state index is 0.0361. The number of ketones is 1. The van der Waals surface area contributed by atoms with Gasteiger partial charge in [-0.25, -0.2) is 0 Å². The van der Waals surface area contributed by atoms with E-state index < -0.39 is 0 Å². The quantitative estimate of drug-likeness (QED) is 0.411. The van der Waals surface area contributed by atoms with E-state index in [-0.39, 0.29) is 45.2 Å². The number of Topliss-reactive ketones (excluding diaryl/α,β-unsaturated/α-hetero) is 1. The van der Waals surface area contributed by atoms with Gasteiger partial charge in [-0.1, -0.05) is 60.1 Å². The van der Waals surface area contributed by atoms with E-state index in [0.717, 1.165) is 25.7 Å². The molecule has 36 heavy (non-hydrogen) atoms. The van der Waals surface area contributed by atoms with Crippen LogP contribution in [0.5, 0.6) is 0 Å². The summed E-state index contributed by atoms with van der Waals surface area (Å²) in [7, 11) is 1.81. The molecule has 0 aromatic rings. The minimum Gasteiger partial charge on any atom is -0.390 e. The van der Waals surface area contributed by atoms with Gasteiger partial charge in [0.25, 0.3) is 0 Å². The summed E-state index contributed by atoms with van der Waals surface area (Å²) < 4.78 is 6.02. The van der Waals surface area contributed by atoms with Gasteiger partial charge in [0.1, 0.15) is 5.78 Å². The molecular weight excluding hydrogens is 444 g/mol. The van der Waals surface area contributed by atoms with Crippen molar-refractivity contribution >= 4 is 5.78 Å². The Labute approximate surface area is 220 Å². The first-order chi connectivity index (χ1) is 16.8.